The third-order valence-electron chi connectivity index (χ3n) is 4.64. The number of fused-ring (bicyclic) bond motifs is 1. The van der Waals surface area contributed by atoms with Crippen molar-refractivity contribution >= 4 is 46.6 Å². The zero-order chi connectivity index (χ0) is 20.9. The molecule has 1 aliphatic heterocycles. The van der Waals surface area contributed by atoms with Gasteiger partial charge in [0.1, 0.15) is 17.0 Å². The van der Waals surface area contributed by atoms with Gasteiger partial charge in [0.2, 0.25) is 0 Å². The summed E-state index contributed by atoms with van der Waals surface area (Å²) in [7, 11) is 1.41. The van der Waals surface area contributed by atoms with Crippen LogP contribution in [0.3, 0.4) is 0 Å². The summed E-state index contributed by atoms with van der Waals surface area (Å²) in [5, 5.41) is 7.30. The number of nitrogens with zero attached hydrogens (tertiary/aromatic N) is 2. The van der Waals surface area contributed by atoms with Crippen molar-refractivity contribution in [3.05, 3.63) is 68.9 Å². The predicted molar refractivity (Wildman–Crippen MR) is 108 cm³/mol. The van der Waals surface area contributed by atoms with Gasteiger partial charge in [-0.1, -0.05) is 34.4 Å². The topological polar surface area (TPSA) is 92.5 Å². The molecule has 0 fully saturated rings. The van der Waals surface area contributed by atoms with Crippen LogP contribution >= 0.6 is 23.2 Å². The molecule has 0 aliphatic carbocycles. The highest BCUT2D eigenvalue weighted by Crippen LogP contribution is 2.37. The van der Waals surface area contributed by atoms with Crippen LogP contribution in [0.2, 0.25) is 10.0 Å². The predicted octanol–water partition coefficient (Wildman–Crippen LogP) is 4.43. The fraction of sp³-hybridized carbons (Fsp3) is 0.100. The molecular formula is C20H13Cl2N3O4. The van der Waals surface area contributed by atoms with E-state index in [4.69, 9.17) is 27.7 Å². The maximum absolute atomic E-state index is 13.0. The molecule has 1 N–H and O–H groups in total. The second-order valence-electron chi connectivity index (χ2n) is 6.44. The van der Waals surface area contributed by atoms with Crippen LogP contribution in [-0.4, -0.2) is 34.8 Å². The maximum Gasteiger partial charge on any atom is 0.261 e. The van der Waals surface area contributed by atoms with Crippen molar-refractivity contribution < 1.29 is 18.9 Å². The lowest BCUT2D eigenvalue weighted by Crippen LogP contribution is -2.24. The van der Waals surface area contributed by atoms with Crippen molar-refractivity contribution in [2.24, 2.45) is 0 Å². The first-order valence-electron chi connectivity index (χ1n) is 8.48. The van der Waals surface area contributed by atoms with Crippen molar-refractivity contribution in [2.75, 3.05) is 12.4 Å². The average Bonchev–Trinajstić information content (AvgIpc) is 3.15. The molecule has 1 aliphatic rings. The molecule has 9 heteroatoms. The Kier molecular flexibility index (Phi) is 4.64. The number of aromatic nitrogens is 1. The first-order chi connectivity index (χ1) is 13.8. The second-order valence-corrected chi connectivity index (χ2v) is 7.26. The first-order valence-corrected chi connectivity index (χ1v) is 9.23. The van der Waals surface area contributed by atoms with E-state index in [9.17, 15) is 14.4 Å². The molecule has 0 spiro atoms. The van der Waals surface area contributed by atoms with E-state index >= 15 is 0 Å². The number of benzene rings is 2. The number of hydrogen-bond acceptors (Lipinski definition) is 5. The molecule has 0 unspecified atom stereocenters. The standard InChI is InChI=1S/C20H13Cl2N3O4/c1-9-15(17(24-29-9)16-13(21)4-3-5-14(16)22)18(26)23-10-6-7-11-12(8-10)20(28)25(2)19(11)27/h3-8H,1-2H3,(H,23,26). The van der Waals surface area contributed by atoms with E-state index in [-0.39, 0.29) is 28.5 Å². The molecule has 0 atom stereocenters. The summed E-state index contributed by atoms with van der Waals surface area (Å²) in [5.41, 5.74) is 1.63. The minimum absolute atomic E-state index is 0.167. The molecule has 2 heterocycles. The van der Waals surface area contributed by atoms with Gasteiger partial charge in [-0.2, -0.15) is 0 Å². The zero-order valence-electron chi connectivity index (χ0n) is 15.2. The lowest BCUT2D eigenvalue weighted by Gasteiger charge is -2.08. The van der Waals surface area contributed by atoms with Gasteiger partial charge >= 0.3 is 0 Å². The van der Waals surface area contributed by atoms with Crippen molar-refractivity contribution in [3.8, 4) is 11.3 Å². The fourth-order valence-electron chi connectivity index (χ4n) is 3.17. The van der Waals surface area contributed by atoms with Gasteiger partial charge in [-0.15, -0.1) is 0 Å². The second kappa shape index (κ2) is 7.02. The molecule has 2 aromatic carbocycles. The van der Waals surface area contributed by atoms with Gasteiger partial charge in [-0.3, -0.25) is 19.3 Å². The minimum atomic E-state index is -0.514. The van der Waals surface area contributed by atoms with E-state index in [1.807, 2.05) is 0 Å². The Bertz CT molecular complexity index is 1180. The lowest BCUT2D eigenvalue weighted by atomic mass is 10.0. The number of nitrogens with one attached hydrogen (secondary N) is 1. The van der Waals surface area contributed by atoms with Gasteiger partial charge in [-0.25, -0.2) is 0 Å². The van der Waals surface area contributed by atoms with Gasteiger partial charge in [0.05, 0.1) is 21.2 Å². The van der Waals surface area contributed by atoms with E-state index in [1.165, 1.54) is 19.2 Å². The first kappa shape index (κ1) is 19.2. The summed E-state index contributed by atoms with van der Waals surface area (Å²) in [6.07, 6.45) is 0. The number of carbonyl (C=O) groups excluding carboxylic acids is 3. The van der Waals surface area contributed by atoms with Crippen LogP contribution in [0.5, 0.6) is 0 Å². The van der Waals surface area contributed by atoms with Crippen molar-refractivity contribution in [2.45, 2.75) is 6.92 Å². The number of rotatable bonds is 3. The van der Waals surface area contributed by atoms with E-state index in [1.54, 1.807) is 31.2 Å². The van der Waals surface area contributed by atoms with Crippen LogP contribution in [0.4, 0.5) is 5.69 Å². The highest BCUT2D eigenvalue weighted by Gasteiger charge is 2.33. The summed E-state index contributed by atoms with van der Waals surface area (Å²) >= 11 is 12.5. The molecule has 7 nitrogen and oxygen atoms in total. The van der Waals surface area contributed by atoms with E-state index < -0.39 is 11.8 Å². The number of anilines is 1. The van der Waals surface area contributed by atoms with Gasteiger partial charge < -0.3 is 9.84 Å². The third-order valence-corrected chi connectivity index (χ3v) is 5.27. The molecule has 0 saturated carbocycles. The molecule has 0 radical (unpaired) electrons. The summed E-state index contributed by atoms with van der Waals surface area (Å²) in [6, 6.07) is 9.46. The van der Waals surface area contributed by atoms with Crippen molar-refractivity contribution in [1.29, 1.82) is 0 Å². The third kappa shape index (κ3) is 3.08. The monoisotopic (exact) mass is 429 g/mol. The molecule has 29 heavy (non-hydrogen) atoms. The number of aryl methyl sites for hydroxylation is 1. The van der Waals surface area contributed by atoms with Crippen LogP contribution in [0.25, 0.3) is 11.3 Å². The summed E-state index contributed by atoms with van der Waals surface area (Å²) in [4.78, 5) is 38.2. The molecule has 4 rings (SSSR count). The zero-order valence-corrected chi connectivity index (χ0v) is 16.8. The minimum Gasteiger partial charge on any atom is -0.360 e. The Morgan fingerprint density at radius 3 is 2.41 bits per heavy atom. The molecule has 1 aromatic heterocycles. The van der Waals surface area contributed by atoms with E-state index in [2.05, 4.69) is 10.5 Å². The molecule has 146 valence electrons. The maximum atomic E-state index is 13.0. The number of hydrogen-bond donors (Lipinski definition) is 1. The van der Waals surface area contributed by atoms with Gasteiger partial charge in [0.15, 0.2) is 0 Å². The largest absolute Gasteiger partial charge is 0.360 e. The molecule has 3 amide bonds. The van der Waals surface area contributed by atoms with Crippen molar-refractivity contribution in [3.63, 3.8) is 0 Å². The highest BCUT2D eigenvalue weighted by atomic mass is 35.5. The van der Waals surface area contributed by atoms with Crippen LogP contribution in [-0.2, 0) is 0 Å². The van der Waals surface area contributed by atoms with Crippen LogP contribution in [0, 0.1) is 6.92 Å². The number of imide groups is 1. The van der Waals surface area contributed by atoms with Gasteiger partial charge in [0, 0.05) is 18.3 Å². The van der Waals surface area contributed by atoms with Gasteiger partial charge in [0.25, 0.3) is 17.7 Å². The number of amides is 3. The Morgan fingerprint density at radius 1 is 1.07 bits per heavy atom. The quantitative estimate of drug-likeness (QED) is 0.621. The van der Waals surface area contributed by atoms with Crippen molar-refractivity contribution in [1.82, 2.24) is 10.1 Å². The number of carbonyl (C=O) groups is 3. The van der Waals surface area contributed by atoms with Gasteiger partial charge in [-0.05, 0) is 37.3 Å². The van der Waals surface area contributed by atoms with E-state index in [0.29, 0.717) is 26.9 Å². The van der Waals surface area contributed by atoms with E-state index in [0.717, 1.165) is 4.90 Å². The SMILES string of the molecule is Cc1onc(-c2c(Cl)cccc2Cl)c1C(=O)Nc1ccc2c(c1)C(=O)N(C)C2=O. The Labute approximate surface area is 175 Å². The summed E-state index contributed by atoms with van der Waals surface area (Å²) in [5.74, 6) is -1.04. The fourth-order valence-corrected chi connectivity index (χ4v) is 3.74. The normalized spacial score (nSPS) is 13.0. The Morgan fingerprint density at radius 2 is 1.72 bits per heavy atom. The lowest BCUT2D eigenvalue weighted by molar-refractivity contribution is 0.0692. The Hall–Kier alpha value is -3.16. The number of halogens is 2. The molecule has 0 bridgehead atoms. The Balaban J connectivity index is 1.71. The molecule has 0 saturated heterocycles. The van der Waals surface area contributed by atoms with Crippen LogP contribution < -0.4 is 5.32 Å². The smallest absolute Gasteiger partial charge is 0.261 e. The molecular weight excluding hydrogens is 417 g/mol. The summed E-state index contributed by atoms with van der Waals surface area (Å²) < 4.78 is 5.20. The highest BCUT2D eigenvalue weighted by molar-refractivity contribution is 6.39. The molecule has 3 aromatic rings. The average molecular weight is 430 g/mol. The summed E-state index contributed by atoms with van der Waals surface area (Å²) in [6.45, 7) is 1.59. The van der Waals surface area contributed by atoms with Crippen LogP contribution in [0.1, 0.15) is 36.8 Å². The van der Waals surface area contributed by atoms with Crippen LogP contribution in [0.15, 0.2) is 40.9 Å².